The monoisotopic (exact) mass is 252 g/mol. The standard InChI is InChI=1S/C16H28O2/c1-11(2)12-5-6-15(17)13(9-12)10-14-7-8-16(3,4)18-14/h11-14H,5-10H2,1-4H3. The molecule has 18 heavy (non-hydrogen) atoms. The van der Waals surface area contributed by atoms with Crippen molar-refractivity contribution in [1.82, 2.24) is 0 Å². The van der Waals surface area contributed by atoms with Gasteiger partial charge in [0.1, 0.15) is 5.78 Å². The van der Waals surface area contributed by atoms with Crippen LogP contribution in [-0.4, -0.2) is 17.5 Å². The molecule has 0 N–H and O–H groups in total. The van der Waals surface area contributed by atoms with E-state index >= 15 is 0 Å². The summed E-state index contributed by atoms with van der Waals surface area (Å²) in [5.41, 5.74) is 0.0276. The fourth-order valence-electron chi connectivity index (χ4n) is 3.54. The Hall–Kier alpha value is -0.370. The molecular formula is C16H28O2. The number of hydrogen-bond acceptors (Lipinski definition) is 2. The summed E-state index contributed by atoms with van der Waals surface area (Å²) in [7, 11) is 0. The molecule has 3 unspecified atom stereocenters. The Morgan fingerprint density at radius 1 is 1.33 bits per heavy atom. The lowest BCUT2D eigenvalue weighted by molar-refractivity contribution is -0.128. The van der Waals surface area contributed by atoms with Gasteiger partial charge in [0.25, 0.3) is 0 Å². The Balaban J connectivity index is 1.89. The third-order valence-electron chi connectivity index (χ3n) is 4.85. The second-order valence-electron chi connectivity index (χ2n) is 7.22. The molecule has 2 heteroatoms. The third kappa shape index (κ3) is 3.34. The summed E-state index contributed by atoms with van der Waals surface area (Å²) in [6.07, 6.45) is 6.53. The molecule has 2 rings (SSSR count). The van der Waals surface area contributed by atoms with Crippen LogP contribution in [0.4, 0.5) is 0 Å². The number of rotatable bonds is 3. The molecule has 0 aromatic rings. The van der Waals surface area contributed by atoms with Crippen molar-refractivity contribution >= 4 is 5.78 Å². The molecule has 1 saturated carbocycles. The van der Waals surface area contributed by atoms with Gasteiger partial charge in [-0.3, -0.25) is 4.79 Å². The van der Waals surface area contributed by atoms with E-state index in [2.05, 4.69) is 27.7 Å². The molecule has 0 aromatic heterocycles. The van der Waals surface area contributed by atoms with Gasteiger partial charge in [0, 0.05) is 12.3 Å². The predicted octanol–water partition coefficient (Wildman–Crippen LogP) is 3.98. The van der Waals surface area contributed by atoms with Gasteiger partial charge >= 0.3 is 0 Å². The van der Waals surface area contributed by atoms with E-state index in [1.807, 2.05) is 0 Å². The quantitative estimate of drug-likeness (QED) is 0.759. The highest BCUT2D eigenvalue weighted by Crippen LogP contribution is 2.38. The van der Waals surface area contributed by atoms with Crippen molar-refractivity contribution in [2.24, 2.45) is 17.8 Å². The van der Waals surface area contributed by atoms with Crippen LogP contribution in [-0.2, 0) is 9.53 Å². The number of carbonyl (C=O) groups excluding carboxylic acids is 1. The highest BCUT2D eigenvalue weighted by atomic mass is 16.5. The van der Waals surface area contributed by atoms with E-state index in [1.165, 1.54) is 0 Å². The number of ether oxygens (including phenoxy) is 1. The van der Waals surface area contributed by atoms with Crippen molar-refractivity contribution in [2.45, 2.75) is 77.9 Å². The first-order valence-corrected chi connectivity index (χ1v) is 7.58. The number of Topliss-reactive ketones (excluding diaryl/α,β-unsaturated/α-hetero) is 1. The summed E-state index contributed by atoms with van der Waals surface area (Å²) in [5.74, 6) is 2.20. The molecule has 2 fully saturated rings. The van der Waals surface area contributed by atoms with Gasteiger partial charge in [0.15, 0.2) is 0 Å². The van der Waals surface area contributed by atoms with E-state index in [4.69, 9.17) is 4.74 Å². The molecule has 0 bridgehead atoms. The van der Waals surface area contributed by atoms with Crippen molar-refractivity contribution in [3.8, 4) is 0 Å². The predicted molar refractivity (Wildman–Crippen MR) is 73.5 cm³/mol. The van der Waals surface area contributed by atoms with Crippen molar-refractivity contribution < 1.29 is 9.53 Å². The summed E-state index contributed by atoms with van der Waals surface area (Å²) < 4.78 is 6.04. The minimum Gasteiger partial charge on any atom is -0.372 e. The Labute approximate surface area is 111 Å². The van der Waals surface area contributed by atoms with Gasteiger partial charge < -0.3 is 4.74 Å². The molecule has 1 aliphatic carbocycles. The maximum absolute atomic E-state index is 12.1. The highest BCUT2D eigenvalue weighted by Gasteiger charge is 2.37. The lowest BCUT2D eigenvalue weighted by Crippen LogP contribution is -2.31. The Morgan fingerprint density at radius 2 is 2.06 bits per heavy atom. The largest absolute Gasteiger partial charge is 0.372 e. The van der Waals surface area contributed by atoms with Crippen LogP contribution in [0.5, 0.6) is 0 Å². The molecule has 0 radical (unpaired) electrons. The van der Waals surface area contributed by atoms with Gasteiger partial charge in [-0.05, 0) is 57.8 Å². The molecular weight excluding hydrogens is 224 g/mol. The van der Waals surface area contributed by atoms with Crippen LogP contribution >= 0.6 is 0 Å². The zero-order chi connectivity index (χ0) is 13.3. The average molecular weight is 252 g/mol. The molecule has 2 aliphatic rings. The lowest BCUT2D eigenvalue weighted by Gasteiger charge is -2.32. The van der Waals surface area contributed by atoms with Crippen molar-refractivity contribution in [3.05, 3.63) is 0 Å². The van der Waals surface area contributed by atoms with Crippen LogP contribution in [0.1, 0.15) is 66.2 Å². The van der Waals surface area contributed by atoms with Crippen molar-refractivity contribution in [1.29, 1.82) is 0 Å². The molecule has 0 aromatic carbocycles. The Kier molecular flexibility index (Phi) is 4.15. The smallest absolute Gasteiger partial charge is 0.136 e. The van der Waals surface area contributed by atoms with Crippen LogP contribution in [0.25, 0.3) is 0 Å². The van der Waals surface area contributed by atoms with Crippen molar-refractivity contribution in [2.75, 3.05) is 0 Å². The maximum Gasteiger partial charge on any atom is 0.136 e. The first-order chi connectivity index (χ1) is 8.37. The highest BCUT2D eigenvalue weighted by molar-refractivity contribution is 5.81. The van der Waals surface area contributed by atoms with Crippen LogP contribution in [0.2, 0.25) is 0 Å². The Morgan fingerprint density at radius 3 is 2.61 bits per heavy atom. The zero-order valence-electron chi connectivity index (χ0n) is 12.4. The minimum atomic E-state index is 0.0276. The van der Waals surface area contributed by atoms with Gasteiger partial charge in [-0.25, -0.2) is 0 Å². The second-order valence-corrected chi connectivity index (χ2v) is 7.22. The normalized spacial score (nSPS) is 36.3. The fourth-order valence-corrected chi connectivity index (χ4v) is 3.54. The zero-order valence-corrected chi connectivity index (χ0v) is 12.4. The van der Waals surface area contributed by atoms with E-state index in [9.17, 15) is 4.79 Å². The van der Waals surface area contributed by atoms with E-state index in [0.717, 1.165) is 44.4 Å². The van der Waals surface area contributed by atoms with Crippen LogP contribution in [0.3, 0.4) is 0 Å². The molecule has 2 nitrogen and oxygen atoms in total. The van der Waals surface area contributed by atoms with Gasteiger partial charge in [-0.1, -0.05) is 13.8 Å². The molecule has 1 saturated heterocycles. The van der Waals surface area contributed by atoms with Gasteiger partial charge in [-0.15, -0.1) is 0 Å². The van der Waals surface area contributed by atoms with Crippen molar-refractivity contribution in [3.63, 3.8) is 0 Å². The molecule has 1 heterocycles. The minimum absolute atomic E-state index is 0.0276. The number of hydrogen-bond donors (Lipinski definition) is 0. The molecule has 1 aliphatic heterocycles. The fraction of sp³-hybridized carbons (Fsp3) is 0.938. The van der Waals surface area contributed by atoms with E-state index in [1.54, 1.807) is 0 Å². The first kappa shape index (κ1) is 14.0. The maximum atomic E-state index is 12.1. The van der Waals surface area contributed by atoms with Gasteiger partial charge in [0.05, 0.1) is 11.7 Å². The SMILES string of the molecule is CC(C)C1CCC(=O)C(CC2CCC(C)(C)O2)C1. The summed E-state index contributed by atoms with van der Waals surface area (Å²) in [6, 6.07) is 0. The molecule has 104 valence electrons. The van der Waals surface area contributed by atoms with Crippen LogP contribution < -0.4 is 0 Å². The first-order valence-electron chi connectivity index (χ1n) is 7.58. The summed E-state index contributed by atoms with van der Waals surface area (Å²) in [6.45, 7) is 8.89. The third-order valence-corrected chi connectivity index (χ3v) is 4.85. The molecule has 3 atom stereocenters. The van der Waals surface area contributed by atoms with E-state index in [-0.39, 0.29) is 11.5 Å². The summed E-state index contributed by atoms with van der Waals surface area (Å²) in [5, 5.41) is 0. The van der Waals surface area contributed by atoms with E-state index in [0.29, 0.717) is 17.8 Å². The topological polar surface area (TPSA) is 26.3 Å². The van der Waals surface area contributed by atoms with Crippen LogP contribution in [0, 0.1) is 17.8 Å². The van der Waals surface area contributed by atoms with Gasteiger partial charge in [0.2, 0.25) is 0 Å². The lowest BCUT2D eigenvalue weighted by atomic mass is 9.73. The molecule has 0 amide bonds. The van der Waals surface area contributed by atoms with Gasteiger partial charge in [-0.2, -0.15) is 0 Å². The summed E-state index contributed by atoms with van der Waals surface area (Å²) in [4.78, 5) is 12.1. The average Bonchev–Trinajstić information content (AvgIpc) is 2.61. The van der Waals surface area contributed by atoms with Crippen LogP contribution in [0.15, 0.2) is 0 Å². The molecule has 0 spiro atoms. The number of carbonyl (C=O) groups is 1. The second kappa shape index (κ2) is 5.32. The summed E-state index contributed by atoms with van der Waals surface area (Å²) >= 11 is 0. The Bertz CT molecular complexity index is 306. The van der Waals surface area contributed by atoms with E-state index < -0.39 is 0 Å². The number of ketones is 1.